The predicted octanol–water partition coefficient (Wildman–Crippen LogP) is 9.31. The summed E-state index contributed by atoms with van der Waals surface area (Å²) < 4.78 is 0. The molecule has 2 heteroatoms. The second kappa shape index (κ2) is 25.3. The summed E-state index contributed by atoms with van der Waals surface area (Å²) in [6.07, 6.45) is 29.1. The number of aliphatic hydroxyl groups excluding tert-OH is 1. The fourth-order valence-electron chi connectivity index (χ4n) is 3.83. The number of aliphatic hydroxyl groups is 1. The van der Waals surface area contributed by atoms with Crippen molar-refractivity contribution in [2.75, 3.05) is 11.5 Å². The van der Waals surface area contributed by atoms with Gasteiger partial charge in [0.15, 0.2) is 0 Å². The van der Waals surface area contributed by atoms with Gasteiger partial charge in [-0.2, -0.15) is 11.8 Å². The van der Waals surface area contributed by atoms with E-state index in [0.717, 1.165) is 12.2 Å². The highest BCUT2D eigenvalue weighted by atomic mass is 32.2. The van der Waals surface area contributed by atoms with E-state index in [-0.39, 0.29) is 6.10 Å². The summed E-state index contributed by atoms with van der Waals surface area (Å²) >= 11 is 1.93. The van der Waals surface area contributed by atoms with Crippen LogP contribution >= 0.6 is 11.8 Å². The van der Waals surface area contributed by atoms with Gasteiger partial charge in [-0.05, 0) is 18.6 Å². The highest BCUT2D eigenvalue weighted by Gasteiger charge is 2.03. The van der Waals surface area contributed by atoms with Crippen LogP contribution in [0, 0.1) is 0 Å². The Hall–Kier alpha value is 0.310. The third-order valence-electron chi connectivity index (χ3n) is 5.84. The van der Waals surface area contributed by atoms with Gasteiger partial charge in [-0.1, -0.05) is 136 Å². The van der Waals surface area contributed by atoms with Crippen LogP contribution in [-0.4, -0.2) is 22.7 Å². The lowest BCUT2D eigenvalue weighted by atomic mass is 10.0. The SMILES string of the molecule is CCCCCCCCCCCCCCCCCCCCC(O)CSCCCC. The van der Waals surface area contributed by atoms with Gasteiger partial charge in [0.2, 0.25) is 0 Å². The van der Waals surface area contributed by atoms with E-state index in [4.69, 9.17) is 0 Å². The summed E-state index contributed by atoms with van der Waals surface area (Å²) in [6, 6.07) is 0. The minimum Gasteiger partial charge on any atom is -0.392 e. The van der Waals surface area contributed by atoms with Crippen LogP contribution in [0.4, 0.5) is 0 Å². The van der Waals surface area contributed by atoms with Gasteiger partial charge in [0.05, 0.1) is 6.10 Å². The van der Waals surface area contributed by atoms with Crippen LogP contribution < -0.4 is 0 Å². The summed E-state index contributed by atoms with van der Waals surface area (Å²) in [5, 5.41) is 9.96. The van der Waals surface area contributed by atoms with Gasteiger partial charge in [0.25, 0.3) is 0 Å². The molecule has 1 N–H and O–H groups in total. The first kappa shape index (κ1) is 28.3. The van der Waals surface area contributed by atoms with Crippen LogP contribution in [0.15, 0.2) is 0 Å². The first-order valence-electron chi connectivity index (χ1n) is 13.1. The van der Waals surface area contributed by atoms with Gasteiger partial charge in [-0.25, -0.2) is 0 Å². The van der Waals surface area contributed by atoms with Crippen molar-refractivity contribution in [1.29, 1.82) is 0 Å². The molecule has 0 aliphatic carbocycles. The average Bonchev–Trinajstić information content (AvgIpc) is 2.70. The lowest BCUT2D eigenvalue weighted by molar-refractivity contribution is 0.185. The molecule has 0 saturated heterocycles. The van der Waals surface area contributed by atoms with Crippen molar-refractivity contribution < 1.29 is 5.11 Å². The van der Waals surface area contributed by atoms with Gasteiger partial charge < -0.3 is 5.11 Å². The molecular formula is C26H54OS. The molecule has 0 aromatic carbocycles. The number of unbranched alkanes of at least 4 members (excludes halogenated alkanes) is 18. The third-order valence-corrected chi connectivity index (χ3v) is 7.04. The van der Waals surface area contributed by atoms with Crippen LogP contribution in [0.3, 0.4) is 0 Å². The van der Waals surface area contributed by atoms with Crippen LogP contribution in [0.1, 0.15) is 149 Å². The van der Waals surface area contributed by atoms with E-state index in [1.54, 1.807) is 0 Å². The van der Waals surface area contributed by atoms with Crippen molar-refractivity contribution >= 4 is 11.8 Å². The van der Waals surface area contributed by atoms with Crippen molar-refractivity contribution in [1.82, 2.24) is 0 Å². The average molecular weight is 415 g/mol. The molecule has 0 amide bonds. The molecule has 0 aliphatic rings. The van der Waals surface area contributed by atoms with Crippen molar-refractivity contribution in [2.24, 2.45) is 0 Å². The van der Waals surface area contributed by atoms with E-state index >= 15 is 0 Å². The monoisotopic (exact) mass is 414 g/mol. The number of rotatable bonds is 24. The number of thioether (sulfide) groups is 1. The van der Waals surface area contributed by atoms with E-state index in [1.165, 1.54) is 134 Å². The van der Waals surface area contributed by atoms with Gasteiger partial charge in [0.1, 0.15) is 0 Å². The van der Waals surface area contributed by atoms with Crippen LogP contribution in [0.2, 0.25) is 0 Å². The molecule has 28 heavy (non-hydrogen) atoms. The minimum atomic E-state index is -0.0667. The molecule has 0 saturated carbocycles. The molecule has 1 atom stereocenters. The Morgan fingerprint density at radius 3 is 1.25 bits per heavy atom. The van der Waals surface area contributed by atoms with E-state index in [1.807, 2.05) is 11.8 Å². The number of hydrogen-bond acceptors (Lipinski definition) is 2. The van der Waals surface area contributed by atoms with Crippen LogP contribution in [0.25, 0.3) is 0 Å². The summed E-state index contributed by atoms with van der Waals surface area (Å²) in [7, 11) is 0. The van der Waals surface area contributed by atoms with Gasteiger partial charge in [-0.15, -0.1) is 0 Å². The molecule has 0 aliphatic heterocycles. The molecule has 0 aromatic rings. The molecule has 0 spiro atoms. The highest BCUT2D eigenvalue weighted by molar-refractivity contribution is 7.99. The zero-order valence-electron chi connectivity index (χ0n) is 19.7. The highest BCUT2D eigenvalue weighted by Crippen LogP contribution is 2.15. The molecule has 0 aromatic heterocycles. The molecule has 1 nitrogen and oxygen atoms in total. The van der Waals surface area contributed by atoms with E-state index in [2.05, 4.69) is 13.8 Å². The van der Waals surface area contributed by atoms with Gasteiger partial charge in [-0.3, -0.25) is 0 Å². The maximum absolute atomic E-state index is 9.96. The second-order valence-corrected chi connectivity index (χ2v) is 10.0. The summed E-state index contributed by atoms with van der Waals surface area (Å²) in [4.78, 5) is 0. The smallest absolute Gasteiger partial charge is 0.0630 e. The fourth-order valence-corrected chi connectivity index (χ4v) is 4.93. The van der Waals surface area contributed by atoms with Crippen LogP contribution in [0.5, 0.6) is 0 Å². The van der Waals surface area contributed by atoms with Crippen molar-refractivity contribution in [3.63, 3.8) is 0 Å². The minimum absolute atomic E-state index is 0.0667. The van der Waals surface area contributed by atoms with Gasteiger partial charge in [0, 0.05) is 5.75 Å². The lowest BCUT2D eigenvalue weighted by Crippen LogP contribution is -2.09. The quantitative estimate of drug-likeness (QED) is 0.159. The Balaban J connectivity index is 3.06. The van der Waals surface area contributed by atoms with E-state index < -0.39 is 0 Å². The summed E-state index contributed by atoms with van der Waals surface area (Å²) in [6.45, 7) is 4.53. The van der Waals surface area contributed by atoms with Gasteiger partial charge >= 0.3 is 0 Å². The second-order valence-electron chi connectivity index (χ2n) is 8.88. The summed E-state index contributed by atoms with van der Waals surface area (Å²) in [5.41, 5.74) is 0. The van der Waals surface area contributed by atoms with Crippen molar-refractivity contribution in [2.45, 2.75) is 155 Å². The molecule has 0 fully saturated rings. The fraction of sp³-hybridized carbons (Fsp3) is 1.00. The van der Waals surface area contributed by atoms with Crippen molar-refractivity contribution in [3.8, 4) is 0 Å². The molecular weight excluding hydrogens is 360 g/mol. The molecule has 0 heterocycles. The molecule has 0 bridgehead atoms. The maximum atomic E-state index is 9.96. The standard InChI is InChI=1S/C26H54OS/c1-3-5-7-8-9-10-11-12-13-14-15-16-17-18-19-20-21-22-23-26(27)25-28-24-6-4-2/h26-27H,3-25H2,1-2H3. The molecule has 0 rings (SSSR count). The van der Waals surface area contributed by atoms with E-state index in [9.17, 15) is 5.11 Å². The van der Waals surface area contributed by atoms with Crippen LogP contribution in [-0.2, 0) is 0 Å². The first-order chi connectivity index (χ1) is 13.8. The maximum Gasteiger partial charge on any atom is 0.0630 e. The Labute approximate surface area is 183 Å². The Kier molecular flexibility index (Phi) is 25.6. The molecule has 170 valence electrons. The normalized spacial score (nSPS) is 12.5. The molecule has 1 unspecified atom stereocenters. The largest absolute Gasteiger partial charge is 0.392 e. The zero-order chi connectivity index (χ0) is 20.5. The molecule has 0 radical (unpaired) electrons. The Morgan fingerprint density at radius 2 is 0.857 bits per heavy atom. The van der Waals surface area contributed by atoms with E-state index in [0.29, 0.717) is 0 Å². The Bertz CT molecular complexity index is 269. The zero-order valence-corrected chi connectivity index (χ0v) is 20.5. The van der Waals surface area contributed by atoms with Crippen molar-refractivity contribution in [3.05, 3.63) is 0 Å². The lowest BCUT2D eigenvalue weighted by Gasteiger charge is -2.09. The third kappa shape index (κ3) is 24.3. The predicted molar refractivity (Wildman–Crippen MR) is 132 cm³/mol. The Morgan fingerprint density at radius 1 is 0.500 bits per heavy atom. The first-order valence-corrected chi connectivity index (χ1v) is 14.2. The summed E-state index contributed by atoms with van der Waals surface area (Å²) in [5.74, 6) is 2.16. The number of hydrogen-bond donors (Lipinski definition) is 1. The topological polar surface area (TPSA) is 20.2 Å².